The van der Waals surface area contributed by atoms with Crippen molar-refractivity contribution in [1.29, 1.82) is 0 Å². The maximum atomic E-state index is 12.8. The van der Waals surface area contributed by atoms with Crippen molar-refractivity contribution < 1.29 is 14.3 Å². The molecule has 1 N–H and O–H groups in total. The van der Waals surface area contributed by atoms with Crippen LogP contribution in [0.25, 0.3) is 0 Å². The van der Waals surface area contributed by atoms with E-state index in [1.165, 1.54) is 5.56 Å². The van der Waals surface area contributed by atoms with Gasteiger partial charge in [0.05, 0.1) is 0 Å². The van der Waals surface area contributed by atoms with E-state index < -0.39 is 6.04 Å². The number of nitrogens with one attached hydrogen (secondary N) is 1. The number of nitrogens with zero attached hydrogens (tertiary/aromatic N) is 1. The number of benzene rings is 2. The van der Waals surface area contributed by atoms with Gasteiger partial charge in [0.1, 0.15) is 11.8 Å². The summed E-state index contributed by atoms with van der Waals surface area (Å²) in [5.74, 6) is 0.251. The van der Waals surface area contributed by atoms with E-state index in [1.54, 1.807) is 11.8 Å². The van der Waals surface area contributed by atoms with Crippen molar-refractivity contribution in [3.05, 3.63) is 65.2 Å². The molecule has 2 amide bonds. The van der Waals surface area contributed by atoms with E-state index in [4.69, 9.17) is 4.74 Å². The minimum Gasteiger partial charge on any atom is -0.484 e. The number of rotatable bonds is 8. The summed E-state index contributed by atoms with van der Waals surface area (Å²) in [4.78, 5) is 26.7. The third-order valence-corrected chi connectivity index (χ3v) is 4.55. The van der Waals surface area contributed by atoms with Gasteiger partial charge in [-0.1, -0.05) is 36.4 Å². The summed E-state index contributed by atoms with van der Waals surface area (Å²) in [6.07, 6.45) is 0. The van der Waals surface area contributed by atoms with Crippen LogP contribution in [0.5, 0.6) is 5.75 Å². The molecule has 5 nitrogen and oxygen atoms in total. The number of amides is 2. The highest BCUT2D eigenvalue weighted by Gasteiger charge is 2.26. The minimum atomic E-state index is -0.582. The maximum Gasteiger partial charge on any atom is 0.261 e. The van der Waals surface area contributed by atoms with E-state index in [0.717, 1.165) is 11.1 Å². The fraction of sp³-hybridized carbons (Fsp3) is 0.364. The molecule has 0 spiro atoms. The second-order valence-electron chi connectivity index (χ2n) is 6.61. The lowest BCUT2D eigenvalue weighted by atomic mass is 10.1. The SMILES string of the molecule is CCNC(=O)C(C)N(Cc1ccccc1)C(=O)COc1ccc(C)c(C)c1. The highest BCUT2D eigenvalue weighted by molar-refractivity contribution is 5.87. The largest absolute Gasteiger partial charge is 0.484 e. The monoisotopic (exact) mass is 368 g/mol. The average Bonchev–Trinajstić information content (AvgIpc) is 2.67. The highest BCUT2D eigenvalue weighted by Crippen LogP contribution is 2.17. The predicted octanol–water partition coefficient (Wildman–Crippen LogP) is 3.24. The Bertz CT molecular complexity index is 774. The summed E-state index contributed by atoms with van der Waals surface area (Å²) >= 11 is 0. The van der Waals surface area contributed by atoms with Gasteiger partial charge in [0.15, 0.2) is 6.61 Å². The molecule has 0 saturated heterocycles. The van der Waals surface area contributed by atoms with Crippen LogP contribution in [0.15, 0.2) is 48.5 Å². The zero-order valence-electron chi connectivity index (χ0n) is 16.5. The lowest BCUT2D eigenvalue weighted by molar-refractivity contribution is -0.142. The van der Waals surface area contributed by atoms with Crippen LogP contribution < -0.4 is 10.1 Å². The van der Waals surface area contributed by atoms with Crippen LogP contribution in [0.1, 0.15) is 30.5 Å². The average molecular weight is 368 g/mol. The number of hydrogen-bond donors (Lipinski definition) is 1. The molecule has 2 aromatic carbocycles. The number of carbonyl (C=O) groups is 2. The van der Waals surface area contributed by atoms with Crippen molar-refractivity contribution in [3.63, 3.8) is 0 Å². The Balaban J connectivity index is 2.11. The number of ether oxygens (including phenoxy) is 1. The normalized spacial score (nSPS) is 11.6. The van der Waals surface area contributed by atoms with Gasteiger partial charge in [0, 0.05) is 13.1 Å². The van der Waals surface area contributed by atoms with E-state index in [-0.39, 0.29) is 18.4 Å². The fourth-order valence-corrected chi connectivity index (χ4v) is 2.72. The maximum absolute atomic E-state index is 12.8. The number of aryl methyl sites for hydroxylation is 2. The van der Waals surface area contributed by atoms with Gasteiger partial charge < -0.3 is 15.0 Å². The van der Waals surface area contributed by atoms with Crippen molar-refractivity contribution in [2.24, 2.45) is 0 Å². The van der Waals surface area contributed by atoms with Gasteiger partial charge in [0.25, 0.3) is 5.91 Å². The Morgan fingerprint density at radius 3 is 2.41 bits per heavy atom. The Hall–Kier alpha value is -2.82. The summed E-state index contributed by atoms with van der Waals surface area (Å²) < 4.78 is 5.69. The van der Waals surface area contributed by atoms with Gasteiger partial charge in [-0.2, -0.15) is 0 Å². The van der Waals surface area contributed by atoms with Gasteiger partial charge >= 0.3 is 0 Å². The summed E-state index contributed by atoms with van der Waals surface area (Å²) in [5.41, 5.74) is 3.24. The first kappa shape index (κ1) is 20.5. The third-order valence-electron chi connectivity index (χ3n) is 4.55. The highest BCUT2D eigenvalue weighted by atomic mass is 16.5. The lowest BCUT2D eigenvalue weighted by Gasteiger charge is -2.28. The molecule has 0 aliphatic heterocycles. The molecule has 0 radical (unpaired) electrons. The molecule has 2 rings (SSSR count). The topological polar surface area (TPSA) is 58.6 Å². The molecule has 0 bridgehead atoms. The molecular formula is C22H28N2O3. The standard InChI is InChI=1S/C22H28N2O3/c1-5-23-22(26)18(4)24(14-19-9-7-6-8-10-19)21(25)15-27-20-12-11-16(2)17(3)13-20/h6-13,18H,5,14-15H2,1-4H3,(H,23,26). The van der Waals surface area contributed by atoms with Crippen molar-refractivity contribution in [1.82, 2.24) is 10.2 Å². The van der Waals surface area contributed by atoms with Gasteiger partial charge in [-0.05, 0) is 56.5 Å². The Labute approximate surface area is 161 Å². The Morgan fingerprint density at radius 1 is 1.07 bits per heavy atom. The minimum absolute atomic E-state index is 0.112. The summed E-state index contributed by atoms with van der Waals surface area (Å²) in [6, 6.07) is 14.8. The number of hydrogen-bond acceptors (Lipinski definition) is 3. The first-order chi connectivity index (χ1) is 12.9. The second kappa shape index (κ2) is 9.76. The van der Waals surface area contributed by atoms with Crippen molar-refractivity contribution >= 4 is 11.8 Å². The Kier molecular flexibility index (Phi) is 7.41. The molecule has 1 unspecified atom stereocenters. The van der Waals surface area contributed by atoms with Crippen LogP contribution in [-0.2, 0) is 16.1 Å². The van der Waals surface area contributed by atoms with Crippen LogP contribution >= 0.6 is 0 Å². The molecule has 0 saturated carbocycles. The van der Waals surface area contributed by atoms with Crippen LogP contribution in [0.3, 0.4) is 0 Å². The quantitative estimate of drug-likeness (QED) is 0.778. The Morgan fingerprint density at radius 2 is 1.78 bits per heavy atom. The summed E-state index contributed by atoms with van der Waals surface area (Å²) in [6.45, 7) is 8.39. The molecule has 5 heteroatoms. The number of carbonyl (C=O) groups excluding carboxylic acids is 2. The summed E-state index contributed by atoms with van der Waals surface area (Å²) in [5, 5.41) is 2.78. The second-order valence-corrected chi connectivity index (χ2v) is 6.61. The smallest absolute Gasteiger partial charge is 0.261 e. The van der Waals surface area contributed by atoms with E-state index in [9.17, 15) is 9.59 Å². The van der Waals surface area contributed by atoms with E-state index in [1.807, 2.05) is 69.3 Å². The van der Waals surface area contributed by atoms with Crippen molar-refractivity contribution in [2.45, 2.75) is 40.3 Å². The molecule has 0 heterocycles. The van der Waals surface area contributed by atoms with Crippen molar-refractivity contribution in [3.8, 4) is 5.75 Å². The number of likely N-dealkylation sites (N-methyl/N-ethyl adjacent to an activating group) is 1. The molecular weight excluding hydrogens is 340 g/mol. The molecule has 0 aliphatic rings. The van der Waals surface area contributed by atoms with E-state index in [0.29, 0.717) is 18.8 Å². The molecule has 2 aromatic rings. The fourth-order valence-electron chi connectivity index (χ4n) is 2.72. The van der Waals surface area contributed by atoms with Crippen LogP contribution in [-0.4, -0.2) is 35.9 Å². The molecule has 1 atom stereocenters. The molecule has 27 heavy (non-hydrogen) atoms. The van der Waals surface area contributed by atoms with Gasteiger partial charge in [-0.3, -0.25) is 9.59 Å². The third kappa shape index (κ3) is 5.84. The molecule has 144 valence electrons. The van der Waals surface area contributed by atoms with Gasteiger partial charge in [-0.25, -0.2) is 0 Å². The molecule has 0 aromatic heterocycles. The van der Waals surface area contributed by atoms with Gasteiger partial charge in [0.2, 0.25) is 5.91 Å². The lowest BCUT2D eigenvalue weighted by Crippen LogP contribution is -2.49. The van der Waals surface area contributed by atoms with E-state index >= 15 is 0 Å². The van der Waals surface area contributed by atoms with Crippen LogP contribution in [0, 0.1) is 13.8 Å². The summed E-state index contributed by atoms with van der Waals surface area (Å²) in [7, 11) is 0. The predicted molar refractivity (Wildman–Crippen MR) is 107 cm³/mol. The molecule has 0 aliphatic carbocycles. The zero-order valence-corrected chi connectivity index (χ0v) is 16.5. The van der Waals surface area contributed by atoms with Crippen LogP contribution in [0.2, 0.25) is 0 Å². The van der Waals surface area contributed by atoms with Gasteiger partial charge in [-0.15, -0.1) is 0 Å². The first-order valence-corrected chi connectivity index (χ1v) is 9.23. The first-order valence-electron chi connectivity index (χ1n) is 9.23. The van der Waals surface area contributed by atoms with Crippen molar-refractivity contribution in [2.75, 3.05) is 13.2 Å². The zero-order chi connectivity index (χ0) is 19.8. The van der Waals surface area contributed by atoms with E-state index in [2.05, 4.69) is 5.32 Å². The van der Waals surface area contributed by atoms with Crippen LogP contribution in [0.4, 0.5) is 0 Å². The molecule has 0 fully saturated rings.